The Morgan fingerprint density at radius 2 is 1.95 bits per heavy atom. The number of nitrogens with one attached hydrogen (secondary N) is 1. The summed E-state index contributed by atoms with van der Waals surface area (Å²) in [7, 11) is 0. The molecule has 3 rings (SSSR count). The van der Waals surface area contributed by atoms with E-state index in [0.29, 0.717) is 11.3 Å². The highest BCUT2D eigenvalue weighted by molar-refractivity contribution is 8.00. The maximum absolute atomic E-state index is 10.3. The highest BCUT2D eigenvalue weighted by Gasteiger charge is 2.41. The summed E-state index contributed by atoms with van der Waals surface area (Å²) in [5.41, 5.74) is 0.991. The quantitative estimate of drug-likeness (QED) is 0.854. The lowest BCUT2D eigenvalue weighted by molar-refractivity contribution is 0.175. The van der Waals surface area contributed by atoms with Gasteiger partial charge in [0.15, 0.2) is 0 Å². The van der Waals surface area contributed by atoms with Crippen molar-refractivity contribution in [3.05, 3.63) is 48.0 Å². The van der Waals surface area contributed by atoms with Gasteiger partial charge < -0.3 is 10.4 Å². The smallest absolute Gasteiger partial charge is 0.0914 e. The van der Waals surface area contributed by atoms with E-state index in [0.717, 1.165) is 12.1 Å². The van der Waals surface area contributed by atoms with Gasteiger partial charge in [-0.2, -0.15) is 11.8 Å². The highest BCUT2D eigenvalue weighted by Crippen LogP contribution is 2.46. The van der Waals surface area contributed by atoms with E-state index in [2.05, 4.69) is 35.8 Å². The van der Waals surface area contributed by atoms with E-state index in [4.69, 9.17) is 0 Å². The largest absolute Gasteiger partial charge is 0.387 e. The van der Waals surface area contributed by atoms with Crippen molar-refractivity contribution < 1.29 is 5.11 Å². The number of hydrogen-bond acceptors (Lipinski definition) is 3. The zero-order chi connectivity index (χ0) is 14.0. The zero-order valence-electron chi connectivity index (χ0n) is 11.8. The van der Waals surface area contributed by atoms with Crippen molar-refractivity contribution in [2.45, 2.75) is 23.7 Å². The van der Waals surface area contributed by atoms with Crippen molar-refractivity contribution in [1.82, 2.24) is 5.32 Å². The van der Waals surface area contributed by atoms with E-state index < -0.39 is 6.10 Å². The van der Waals surface area contributed by atoms with E-state index in [1.54, 1.807) is 0 Å². The molecule has 20 heavy (non-hydrogen) atoms. The Balaban J connectivity index is 1.61. The maximum atomic E-state index is 10.3. The van der Waals surface area contributed by atoms with Gasteiger partial charge in [0, 0.05) is 17.8 Å². The summed E-state index contributed by atoms with van der Waals surface area (Å²) < 4.78 is 0.448. The molecule has 2 N–H and O–H groups in total. The second-order valence-corrected chi connectivity index (χ2v) is 6.91. The van der Waals surface area contributed by atoms with Crippen molar-refractivity contribution in [3.8, 4) is 0 Å². The van der Waals surface area contributed by atoms with Crippen LogP contribution in [0, 0.1) is 0 Å². The molecule has 1 aliphatic carbocycles. The Hall–Kier alpha value is -1.03. The molecule has 2 aromatic carbocycles. The summed E-state index contributed by atoms with van der Waals surface area (Å²) in [6.45, 7) is 1.62. The Bertz CT molecular complexity index is 594. The molecule has 1 fully saturated rings. The molecule has 0 heterocycles. The molecule has 0 bridgehead atoms. The summed E-state index contributed by atoms with van der Waals surface area (Å²) in [4.78, 5) is 0. The fourth-order valence-corrected chi connectivity index (χ4v) is 3.32. The third kappa shape index (κ3) is 3.00. The molecule has 0 aliphatic heterocycles. The van der Waals surface area contributed by atoms with Crippen LogP contribution in [0.4, 0.5) is 0 Å². The molecule has 0 amide bonds. The normalized spacial score (nSPS) is 18.1. The first-order valence-electron chi connectivity index (χ1n) is 7.15. The minimum atomic E-state index is -0.433. The molecule has 1 saturated carbocycles. The van der Waals surface area contributed by atoms with Gasteiger partial charge in [0.05, 0.1) is 6.10 Å². The van der Waals surface area contributed by atoms with Crippen LogP contribution in [0.15, 0.2) is 42.5 Å². The summed E-state index contributed by atoms with van der Waals surface area (Å²) in [6.07, 6.45) is 4.34. The zero-order valence-corrected chi connectivity index (χ0v) is 12.6. The molecular weight excluding hydrogens is 266 g/mol. The molecule has 0 saturated heterocycles. The molecule has 0 aromatic heterocycles. The Kier molecular flexibility index (Phi) is 4.01. The standard InChI is InChI=1S/C17H21NOS/c1-20-17(8-9-17)12-18-11-16(19)15-7-6-13-4-2-3-5-14(13)10-15/h2-7,10,16,18-19H,8-9,11-12H2,1H3. The van der Waals surface area contributed by atoms with E-state index in [1.165, 1.54) is 23.6 Å². The van der Waals surface area contributed by atoms with Crippen LogP contribution in [0.2, 0.25) is 0 Å². The number of thioether (sulfide) groups is 1. The van der Waals surface area contributed by atoms with Gasteiger partial charge in [-0.25, -0.2) is 0 Å². The molecule has 0 spiro atoms. The van der Waals surface area contributed by atoms with Crippen LogP contribution in [-0.2, 0) is 0 Å². The maximum Gasteiger partial charge on any atom is 0.0914 e. The van der Waals surface area contributed by atoms with Crippen molar-refractivity contribution >= 4 is 22.5 Å². The third-order valence-corrected chi connectivity index (χ3v) is 5.60. The minimum Gasteiger partial charge on any atom is -0.387 e. The lowest BCUT2D eigenvalue weighted by Gasteiger charge is -2.16. The lowest BCUT2D eigenvalue weighted by Crippen LogP contribution is -2.29. The van der Waals surface area contributed by atoms with Gasteiger partial charge in [-0.1, -0.05) is 36.4 Å². The van der Waals surface area contributed by atoms with Crippen molar-refractivity contribution in [1.29, 1.82) is 0 Å². The molecule has 1 aliphatic rings. The van der Waals surface area contributed by atoms with Crippen LogP contribution in [0.25, 0.3) is 10.8 Å². The van der Waals surface area contributed by atoms with Crippen LogP contribution in [0.3, 0.4) is 0 Å². The molecule has 2 nitrogen and oxygen atoms in total. The summed E-state index contributed by atoms with van der Waals surface area (Å²) in [5.74, 6) is 0. The molecule has 1 atom stereocenters. The van der Waals surface area contributed by atoms with Crippen molar-refractivity contribution in [2.24, 2.45) is 0 Å². The number of aliphatic hydroxyl groups excluding tert-OH is 1. The van der Waals surface area contributed by atoms with E-state index in [-0.39, 0.29) is 0 Å². The Labute approximate surface area is 124 Å². The molecule has 106 valence electrons. The average molecular weight is 287 g/mol. The molecular formula is C17H21NOS. The van der Waals surface area contributed by atoms with E-state index in [9.17, 15) is 5.11 Å². The monoisotopic (exact) mass is 287 g/mol. The van der Waals surface area contributed by atoms with Crippen LogP contribution in [0.5, 0.6) is 0 Å². The summed E-state index contributed by atoms with van der Waals surface area (Å²) in [6, 6.07) is 14.5. The fourth-order valence-electron chi connectivity index (χ4n) is 2.56. The topological polar surface area (TPSA) is 32.3 Å². The molecule has 3 heteroatoms. The Morgan fingerprint density at radius 3 is 2.65 bits per heavy atom. The number of hydrogen-bond donors (Lipinski definition) is 2. The highest BCUT2D eigenvalue weighted by atomic mass is 32.2. The number of aliphatic hydroxyl groups is 1. The first-order valence-corrected chi connectivity index (χ1v) is 8.38. The SMILES string of the molecule is CSC1(CNCC(O)c2ccc3ccccc3c2)CC1. The Morgan fingerprint density at radius 1 is 1.20 bits per heavy atom. The van der Waals surface area contributed by atoms with E-state index in [1.807, 2.05) is 30.0 Å². The van der Waals surface area contributed by atoms with Crippen molar-refractivity contribution in [2.75, 3.05) is 19.3 Å². The van der Waals surface area contributed by atoms with Crippen LogP contribution in [0.1, 0.15) is 24.5 Å². The van der Waals surface area contributed by atoms with Gasteiger partial charge in [-0.3, -0.25) is 0 Å². The minimum absolute atomic E-state index is 0.433. The van der Waals surface area contributed by atoms with Crippen LogP contribution < -0.4 is 5.32 Å². The average Bonchev–Trinajstić information content (AvgIpc) is 3.27. The number of benzene rings is 2. The van der Waals surface area contributed by atoms with Gasteiger partial charge in [0.1, 0.15) is 0 Å². The predicted octanol–water partition coefficient (Wildman–Crippen LogP) is 3.36. The number of rotatable bonds is 6. The van der Waals surface area contributed by atoms with Gasteiger partial charge in [-0.15, -0.1) is 0 Å². The first-order chi connectivity index (χ1) is 9.72. The van der Waals surface area contributed by atoms with Gasteiger partial charge in [0.2, 0.25) is 0 Å². The van der Waals surface area contributed by atoms with Gasteiger partial charge >= 0.3 is 0 Å². The molecule has 2 aromatic rings. The van der Waals surface area contributed by atoms with Crippen LogP contribution in [-0.4, -0.2) is 29.2 Å². The predicted molar refractivity (Wildman–Crippen MR) is 87.3 cm³/mol. The van der Waals surface area contributed by atoms with Gasteiger partial charge in [-0.05, 0) is 41.5 Å². The van der Waals surface area contributed by atoms with Crippen molar-refractivity contribution in [3.63, 3.8) is 0 Å². The van der Waals surface area contributed by atoms with Gasteiger partial charge in [0.25, 0.3) is 0 Å². The van der Waals surface area contributed by atoms with Crippen LogP contribution >= 0.6 is 11.8 Å². The summed E-state index contributed by atoms with van der Waals surface area (Å²) in [5, 5.41) is 16.1. The lowest BCUT2D eigenvalue weighted by atomic mass is 10.0. The van der Waals surface area contributed by atoms with E-state index >= 15 is 0 Å². The summed E-state index contributed by atoms with van der Waals surface area (Å²) >= 11 is 1.94. The first kappa shape index (κ1) is 13.9. The third-order valence-electron chi connectivity index (χ3n) is 4.18. The fraction of sp³-hybridized carbons (Fsp3) is 0.412. The molecule has 1 unspecified atom stereocenters. The number of fused-ring (bicyclic) bond motifs is 1. The second-order valence-electron chi connectivity index (χ2n) is 5.64. The molecule has 0 radical (unpaired) electrons. The second kappa shape index (κ2) is 5.76.